The topological polar surface area (TPSA) is 59.8 Å². The van der Waals surface area contributed by atoms with Gasteiger partial charge in [0.1, 0.15) is 5.02 Å². The van der Waals surface area contributed by atoms with Crippen LogP contribution in [0.2, 0.25) is 5.02 Å². The van der Waals surface area contributed by atoms with E-state index in [4.69, 9.17) is 11.6 Å². The molecule has 114 valence electrons. The van der Waals surface area contributed by atoms with Crippen LogP contribution in [0, 0.1) is 12.8 Å². The molecule has 0 spiro atoms. The lowest BCUT2D eigenvalue weighted by Gasteiger charge is -2.11. The Hall–Kier alpha value is -1.40. The van der Waals surface area contributed by atoms with Crippen LogP contribution in [0.15, 0.2) is 16.4 Å². The molecule has 2 rings (SSSR count). The number of aryl methyl sites for hydroxylation is 1. The van der Waals surface area contributed by atoms with E-state index in [2.05, 4.69) is 15.4 Å². The van der Waals surface area contributed by atoms with Crippen LogP contribution in [0.25, 0.3) is 0 Å². The van der Waals surface area contributed by atoms with E-state index in [1.165, 1.54) is 4.68 Å². The van der Waals surface area contributed by atoms with Crippen molar-refractivity contribution in [2.24, 2.45) is 5.92 Å². The lowest BCUT2D eigenvalue weighted by molar-refractivity contribution is 0.464. The third kappa shape index (κ3) is 4.28. The Morgan fingerprint density at radius 3 is 2.86 bits per heavy atom. The molecule has 0 atom stereocenters. The van der Waals surface area contributed by atoms with E-state index in [0.717, 1.165) is 17.1 Å². The van der Waals surface area contributed by atoms with Gasteiger partial charge < -0.3 is 5.32 Å². The van der Waals surface area contributed by atoms with Crippen LogP contribution in [0.1, 0.15) is 24.5 Å². The van der Waals surface area contributed by atoms with Crippen molar-refractivity contribution in [3.8, 4) is 0 Å². The largest absolute Gasteiger partial charge is 0.382 e. The summed E-state index contributed by atoms with van der Waals surface area (Å²) in [5.74, 6) is 0.345. The van der Waals surface area contributed by atoms with Crippen molar-refractivity contribution in [3.63, 3.8) is 0 Å². The molecular formula is C14H19ClN4OS. The Bertz CT molecular complexity index is 665. The fraction of sp³-hybridized carbons (Fsp3) is 0.500. The van der Waals surface area contributed by atoms with Crippen molar-refractivity contribution in [1.29, 1.82) is 0 Å². The SMILES string of the molecule is Cc1nc(CCNc2cnn(CC(C)C)c(=O)c2Cl)cs1. The van der Waals surface area contributed by atoms with Crippen molar-refractivity contribution in [2.45, 2.75) is 33.7 Å². The van der Waals surface area contributed by atoms with Gasteiger partial charge in [-0.15, -0.1) is 11.3 Å². The third-order valence-corrected chi connectivity index (χ3v) is 4.07. The van der Waals surface area contributed by atoms with Crippen LogP contribution in [-0.4, -0.2) is 21.3 Å². The molecule has 21 heavy (non-hydrogen) atoms. The van der Waals surface area contributed by atoms with E-state index in [1.807, 2.05) is 26.2 Å². The summed E-state index contributed by atoms with van der Waals surface area (Å²) in [6.45, 7) is 7.28. The lowest BCUT2D eigenvalue weighted by Crippen LogP contribution is -2.26. The molecular weight excluding hydrogens is 308 g/mol. The van der Waals surface area contributed by atoms with Crippen LogP contribution in [0.3, 0.4) is 0 Å². The standard InChI is InChI=1S/C14H19ClN4OS/c1-9(2)7-19-14(20)13(15)12(6-17-19)16-5-4-11-8-21-10(3)18-11/h6,8-9,16H,4-5,7H2,1-3H3. The summed E-state index contributed by atoms with van der Waals surface area (Å²) in [5, 5.41) is 10.6. The second-order valence-electron chi connectivity index (χ2n) is 5.29. The maximum atomic E-state index is 12.1. The normalized spacial score (nSPS) is 11.1. The van der Waals surface area contributed by atoms with Crippen LogP contribution in [0.4, 0.5) is 5.69 Å². The summed E-state index contributed by atoms with van der Waals surface area (Å²) in [6.07, 6.45) is 2.40. The van der Waals surface area contributed by atoms with Crippen LogP contribution in [0.5, 0.6) is 0 Å². The number of aromatic nitrogens is 3. The Kier molecular flexibility index (Phi) is 5.36. The second kappa shape index (κ2) is 7.04. The van der Waals surface area contributed by atoms with Crippen LogP contribution < -0.4 is 10.9 Å². The van der Waals surface area contributed by atoms with Crippen LogP contribution in [-0.2, 0) is 13.0 Å². The van der Waals surface area contributed by atoms with Gasteiger partial charge in [-0.25, -0.2) is 9.67 Å². The van der Waals surface area contributed by atoms with Crippen molar-refractivity contribution >= 4 is 28.6 Å². The molecule has 5 nitrogen and oxygen atoms in total. The predicted molar refractivity (Wildman–Crippen MR) is 87.4 cm³/mol. The Labute approximate surface area is 133 Å². The smallest absolute Gasteiger partial charge is 0.287 e. The number of nitrogens with zero attached hydrogens (tertiary/aromatic N) is 3. The summed E-state index contributed by atoms with van der Waals surface area (Å²) in [7, 11) is 0. The van der Waals surface area contributed by atoms with Crippen LogP contribution >= 0.6 is 22.9 Å². The maximum Gasteiger partial charge on any atom is 0.287 e. The number of hydrogen-bond acceptors (Lipinski definition) is 5. The number of hydrogen-bond donors (Lipinski definition) is 1. The van der Waals surface area contributed by atoms with Gasteiger partial charge in [-0.2, -0.15) is 5.10 Å². The summed E-state index contributed by atoms with van der Waals surface area (Å²) in [5.41, 5.74) is 1.37. The van der Waals surface area contributed by atoms with Gasteiger partial charge in [0.05, 0.1) is 22.6 Å². The monoisotopic (exact) mass is 326 g/mol. The fourth-order valence-electron chi connectivity index (χ4n) is 1.91. The summed E-state index contributed by atoms with van der Waals surface area (Å²) >= 11 is 7.75. The highest BCUT2D eigenvalue weighted by Gasteiger charge is 2.10. The van der Waals surface area contributed by atoms with Gasteiger partial charge in [0.2, 0.25) is 0 Å². The van der Waals surface area contributed by atoms with Crippen molar-refractivity contribution < 1.29 is 0 Å². The summed E-state index contributed by atoms with van der Waals surface area (Å²) < 4.78 is 1.40. The molecule has 0 saturated carbocycles. The van der Waals surface area contributed by atoms with Gasteiger partial charge in [0.25, 0.3) is 5.56 Å². The summed E-state index contributed by atoms with van der Waals surface area (Å²) in [6, 6.07) is 0. The highest BCUT2D eigenvalue weighted by Crippen LogP contribution is 2.16. The van der Waals surface area contributed by atoms with E-state index in [1.54, 1.807) is 17.5 Å². The molecule has 0 aliphatic rings. The first kappa shape index (κ1) is 16.0. The Balaban J connectivity index is 2.00. The third-order valence-electron chi connectivity index (χ3n) is 2.89. The molecule has 0 bridgehead atoms. The maximum absolute atomic E-state index is 12.1. The number of anilines is 1. The van der Waals surface area contributed by atoms with Crippen molar-refractivity contribution in [2.75, 3.05) is 11.9 Å². The molecule has 0 aliphatic carbocycles. The minimum atomic E-state index is -0.250. The average molecular weight is 327 g/mol. The van der Waals surface area contributed by atoms with Gasteiger partial charge in [0, 0.05) is 24.9 Å². The van der Waals surface area contributed by atoms with Gasteiger partial charge in [-0.3, -0.25) is 4.79 Å². The lowest BCUT2D eigenvalue weighted by atomic mass is 10.2. The number of nitrogens with one attached hydrogen (secondary N) is 1. The highest BCUT2D eigenvalue weighted by molar-refractivity contribution is 7.09. The van der Waals surface area contributed by atoms with E-state index < -0.39 is 0 Å². The van der Waals surface area contributed by atoms with Crippen molar-refractivity contribution in [1.82, 2.24) is 14.8 Å². The molecule has 0 fully saturated rings. The quantitative estimate of drug-likeness (QED) is 0.886. The molecule has 2 aromatic rings. The zero-order valence-electron chi connectivity index (χ0n) is 12.4. The zero-order valence-corrected chi connectivity index (χ0v) is 14.0. The van der Waals surface area contributed by atoms with Gasteiger partial charge in [0.15, 0.2) is 0 Å². The molecule has 2 heterocycles. The van der Waals surface area contributed by atoms with E-state index >= 15 is 0 Å². The molecule has 0 unspecified atom stereocenters. The van der Waals surface area contributed by atoms with E-state index in [9.17, 15) is 4.79 Å². The molecule has 1 N–H and O–H groups in total. The Morgan fingerprint density at radius 2 is 2.24 bits per heavy atom. The highest BCUT2D eigenvalue weighted by atomic mass is 35.5. The zero-order chi connectivity index (χ0) is 15.4. The van der Waals surface area contributed by atoms with E-state index in [-0.39, 0.29) is 10.6 Å². The number of halogens is 1. The molecule has 0 amide bonds. The first-order chi connectivity index (χ1) is 9.97. The number of rotatable bonds is 6. The van der Waals surface area contributed by atoms with Gasteiger partial charge in [-0.1, -0.05) is 25.4 Å². The molecule has 7 heteroatoms. The van der Waals surface area contributed by atoms with Gasteiger partial charge >= 0.3 is 0 Å². The predicted octanol–water partition coefficient (Wildman–Crippen LogP) is 2.97. The fourth-order valence-corrected chi connectivity index (χ4v) is 2.77. The summed E-state index contributed by atoms with van der Waals surface area (Å²) in [4.78, 5) is 16.5. The first-order valence-corrected chi connectivity index (χ1v) is 8.13. The average Bonchev–Trinajstić information content (AvgIpc) is 2.83. The van der Waals surface area contributed by atoms with Crippen molar-refractivity contribution in [3.05, 3.63) is 37.7 Å². The minimum absolute atomic E-state index is 0.195. The molecule has 0 aromatic carbocycles. The second-order valence-corrected chi connectivity index (χ2v) is 6.73. The molecule has 0 aliphatic heterocycles. The Morgan fingerprint density at radius 1 is 1.48 bits per heavy atom. The minimum Gasteiger partial charge on any atom is -0.382 e. The molecule has 0 radical (unpaired) electrons. The van der Waals surface area contributed by atoms with E-state index in [0.29, 0.717) is 24.7 Å². The number of thiazole rings is 1. The first-order valence-electron chi connectivity index (χ1n) is 6.88. The molecule has 0 saturated heterocycles. The van der Waals surface area contributed by atoms with Gasteiger partial charge in [-0.05, 0) is 12.8 Å². The molecule has 2 aromatic heterocycles.